The monoisotopic (exact) mass is 289 g/mol. The molecule has 0 aromatic rings. The van der Waals surface area contributed by atoms with Gasteiger partial charge in [0, 0.05) is 13.1 Å². The summed E-state index contributed by atoms with van der Waals surface area (Å²) in [4.78, 5) is 13.5. The van der Waals surface area contributed by atoms with Crippen molar-refractivity contribution in [2.24, 2.45) is 17.8 Å². The molecule has 19 heavy (non-hydrogen) atoms. The molecule has 110 valence electrons. The number of amides is 1. The number of rotatable bonds is 4. The Labute approximate surface area is 115 Å². The van der Waals surface area contributed by atoms with Crippen LogP contribution in [0.2, 0.25) is 0 Å². The number of hydrogen-bond acceptors (Lipinski definition) is 4. The summed E-state index contributed by atoms with van der Waals surface area (Å²) in [6.45, 7) is 7.40. The van der Waals surface area contributed by atoms with Crippen molar-refractivity contribution in [2.75, 3.05) is 24.6 Å². The second-order valence-corrected chi connectivity index (χ2v) is 8.48. The summed E-state index contributed by atoms with van der Waals surface area (Å²) in [6.07, 6.45) is 0.548. The third kappa shape index (κ3) is 3.61. The van der Waals surface area contributed by atoms with Crippen LogP contribution in [0.5, 0.6) is 0 Å². The minimum atomic E-state index is -2.76. The average molecular weight is 289 g/mol. The Hall–Kier alpha value is -0.780. The molecule has 6 heteroatoms. The van der Waals surface area contributed by atoms with Crippen LogP contribution >= 0.6 is 0 Å². The molecule has 5 nitrogen and oxygen atoms in total. The number of hydrogen-bond donors (Lipinski definition) is 0. The van der Waals surface area contributed by atoms with Gasteiger partial charge < -0.3 is 9.64 Å². The summed E-state index contributed by atoms with van der Waals surface area (Å²) < 4.78 is 27.6. The number of carbonyl (C=O) groups excluding carboxylic acids is 1. The van der Waals surface area contributed by atoms with E-state index in [0.29, 0.717) is 36.4 Å². The van der Waals surface area contributed by atoms with Crippen molar-refractivity contribution < 1.29 is 17.9 Å². The van der Waals surface area contributed by atoms with Gasteiger partial charge >= 0.3 is 6.09 Å². The predicted molar refractivity (Wildman–Crippen MR) is 72.6 cm³/mol. The van der Waals surface area contributed by atoms with Crippen LogP contribution in [0.1, 0.15) is 27.2 Å². The van der Waals surface area contributed by atoms with E-state index in [2.05, 4.69) is 13.8 Å². The van der Waals surface area contributed by atoms with Gasteiger partial charge in [0.05, 0.1) is 11.5 Å². The molecule has 0 N–H and O–H groups in total. The molecule has 2 heterocycles. The highest BCUT2D eigenvalue weighted by atomic mass is 32.2. The van der Waals surface area contributed by atoms with Crippen LogP contribution in [0.3, 0.4) is 0 Å². The van der Waals surface area contributed by atoms with Gasteiger partial charge in [-0.1, -0.05) is 13.8 Å². The molecule has 0 bridgehead atoms. The molecule has 0 radical (unpaired) electrons. The van der Waals surface area contributed by atoms with Crippen molar-refractivity contribution in [3.63, 3.8) is 0 Å². The van der Waals surface area contributed by atoms with Crippen molar-refractivity contribution in [1.82, 2.24) is 4.90 Å². The van der Waals surface area contributed by atoms with E-state index in [1.807, 2.05) is 6.92 Å². The van der Waals surface area contributed by atoms with Crippen molar-refractivity contribution >= 4 is 15.9 Å². The molecule has 1 amide bonds. The fraction of sp³-hybridized carbons (Fsp3) is 0.923. The Kier molecular flexibility index (Phi) is 4.08. The van der Waals surface area contributed by atoms with Gasteiger partial charge in [-0.25, -0.2) is 13.2 Å². The third-order valence-corrected chi connectivity index (χ3v) is 5.75. The van der Waals surface area contributed by atoms with Gasteiger partial charge in [-0.05, 0) is 31.1 Å². The SMILES string of the molecule is CC(C)CC(C)OC(=O)N1CC(C2CS(=O)(=O)C2)C1. The van der Waals surface area contributed by atoms with Gasteiger partial charge in [-0.3, -0.25) is 0 Å². The molecule has 0 aromatic carbocycles. The van der Waals surface area contributed by atoms with Crippen molar-refractivity contribution in [2.45, 2.75) is 33.3 Å². The number of ether oxygens (including phenoxy) is 1. The lowest BCUT2D eigenvalue weighted by Crippen LogP contribution is -2.58. The quantitative estimate of drug-likeness (QED) is 0.787. The molecule has 2 aliphatic heterocycles. The normalized spacial score (nSPS) is 24.7. The predicted octanol–water partition coefficient (Wildman–Crippen LogP) is 1.53. The number of likely N-dealkylation sites (tertiary alicyclic amines) is 1. The number of carbonyl (C=O) groups is 1. The average Bonchev–Trinajstić information content (AvgIpc) is 2.09. The number of sulfone groups is 1. The maximum Gasteiger partial charge on any atom is 0.410 e. The topological polar surface area (TPSA) is 63.7 Å². The summed E-state index contributed by atoms with van der Waals surface area (Å²) in [5.74, 6) is 1.69. The largest absolute Gasteiger partial charge is 0.446 e. The van der Waals surface area contributed by atoms with Crippen LogP contribution in [0, 0.1) is 17.8 Å². The van der Waals surface area contributed by atoms with E-state index in [0.717, 1.165) is 6.42 Å². The molecule has 2 rings (SSSR count). The maximum absolute atomic E-state index is 11.8. The van der Waals surface area contributed by atoms with Crippen molar-refractivity contribution in [1.29, 1.82) is 0 Å². The summed E-state index contributed by atoms with van der Waals surface area (Å²) in [6, 6.07) is 0. The van der Waals surface area contributed by atoms with Crippen LogP contribution in [0.4, 0.5) is 4.79 Å². The van der Waals surface area contributed by atoms with E-state index in [9.17, 15) is 13.2 Å². The lowest BCUT2D eigenvalue weighted by molar-refractivity contribution is 0.0159. The van der Waals surface area contributed by atoms with Crippen LogP contribution < -0.4 is 0 Å². The first-order valence-corrected chi connectivity index (χ1v) is 8.75. The van der Waals surface area contributed by atoms with E-state index >= 15 is 0 Å². The highest BCUT2D eigenvalue weighted by Crippen LogP contribution is 2.33. The zero-order valence-corrected chi connectivity index (χ0v) is 12.6. The lowest BCUT2D eigenvalue weighted by Gasteiger charge is -2.45. The summed E-state index contributed by atoms with van der Waals surface area (Å²) in [5.41, 5.74) is 0. The molecule has 2 fully saturated rings. The van der Waals surface area contributed by atoms with E-state index in [4.69, 9.17) is 4.74 Å². The second-order valence-electron chi connectivity index (χ2n) is 6.33. The van der Waals surface area contributed by atoms with Gasteiger partial charge in [0.25, 0.3) is 0 Å². The molecular weight excluding hydrogens is 266 g/mol. The van der Waals surface area contributed by atoms with E-state index < -0.39 is 9.84 Å². The number of nitrogens with zero attached hydrogens (tertiary/aromatic N) is 1. The Morgan fingerprint density at radius 3 is 2.26 bits per heavy atom. The smallest absolute Gasteiger partial charge is 0.410 e. The minimum absolute atomic E-state index is 0.0596. The van der Waals surface area contributed by atoms with Crippen LogP contribution in [0.15, 0.2) is 0 Å². The van der Waals surface area contributed by atoms with Gasteiger partial charge in [-0.15, -0.1) is 0 Å². The second kappa shape index (κ2) is 5.31. The molecule has 0 saturated carbocycles. The van der Waals surface area contributed by atoms with Gasteiger partial charge in [0.15, 0.2) is 9.84 Å². The van der Waals surface area contributed by atoms with Gasteiger partial charge in [0.1, 0.15) is 6.10 Å². The maximum atomic E-state index is 11.8. The first kappa shape index (κ1) is 14.6. The zero-order chi connectivity index (χ0) is 14.2. The Bertz CT molecular complexity index is 428. The molecular formula is C13H23NO4S. The Morgan fingerprint density at radius 1 is 1.21 bits per heavy atom. The molecule has 1 atom stereocenters. The summed E-state index contributed by atoms with van der Waals surface area (Å²) in [5, 5.41) is 0. The first-order valence-electron chi connectivity index (χ1n) is 6.93. The fourth-order valence-corrected chi connectivity index (χ4v) is 4.55. The molecule has 2 saturated heterocycles. The standard InChI is InChI=1S/C13H23NO4S/c1-9(2)4-10(3)18-13(15)14-5-11(6-14)12-7-19(16,17)8-12/h9-12H,4-8H2,1-3H3. The van der Waals surface area contributed by atoms with Gasteiger partial charge in [0.2, 0.25) is 0 Å². The molecule has 0 aliphatic carbocycles. The minimum Gasteiger partial charge on any atom is -0.446 e. The van der Waals surface area contributed by atoms with E-state index in [1.54, 1.807) is 4.90 Å². The van der Waals surface area contributed by atoms with E-state index in [1.165, 1.54) is 0 Å². The first-order chi connectivity index (χ1) is 8.77. The Morgan fingerprint density at radius 2 is 1.79 bits per heavy atom. The third-order valence-electron chi connectivity index (χ3n) is 3.88. The summed E-state index contributed by atoms with van der Waals surface area (Å²) in [7, 11) is -2.76. The van der Waals surface area contributed by atoms with Crippen molar-refractivity contribution in [3.8, 4) is 0 Å². The van der Waals surface area contributed by atoms with Crippen LogP contribution in [-0.4, -0.2) is 50.1 Å². The highest BCUT2D eigenvalue weighted by molar-refractivity contribution is 7.92. The zero-order valence-electron chi connectivity index (χ0n) is 11.8. The van der Waals surface area contributed by atoms with Crippen molar-refractivity contribution in [3.05, 3.63) is 0 Å². The van der Waals surface area contributed by atoms with Gasteiger partial charge in [-0.2, -0.15) is 0 Å². The van der Waals surface area contributed by atoms with Crippen LogP contribution in [0.25, 0.3) is 0 Å². The molecule has 0 spiro atoms. The van der Waals surface area contributed by atoms with Crippen LogP contribution in [-0.2, 0) is 14.6 Å². The Balaban J connectivity index is 1.68. The highest BCUT2D eigenvalue weighted by Gasteiger charge is 2.45. The summed E-state index contributed by atoms with van der Waals surface area (Å²) >= 11 is 0. The molecule has 1 unspecified atom stereocenters. The molecule has 2 aliphatic rings. The molecule has 0 aromatic heterocycles. The fourth-order valence-electron chi connectivity index (χ4n) is 2.79. The lowest BCUT2D eigenvalue weighted by atomic mass is 9.88. The van der Waals surface area contributed by atoms with E-state index in [-0.39, 0.29) is 18.1 Å².